The summed E-state index contributed by atoms with van der Waals surface area (Å²) in [7, 11) is -3.74. The number of nitrogens with one attached hydrogen (secondary N) is 1. The largest absolute Gasteiger partial charge is 0.373 e. The molecule has 1 saturated heterocycles. The van der Waals surface area contributed by atoms with Crippen LogP contribution in [0.25, 0.3) is 0 Å². The Morgan fingerprint density at radius 1 is 1.11 bits per heavy atom. The van der Waals surface area contributed by atoms with Crippen molar-refractivity contribution in [2.75, 3.05) is 18.4 Å². The first-order valence-electron chi connectivity index (χ1n) is 8.58. The van der Waals surface area contributed by atoms with Crippen LogP contribution in [0.1, 0.15) is 24.2 Å². The predicted molar refractivity (Wildman–Crippen MR) is 99.6 cm³/mol. The number of benzene rings is 2. The van der Waals surface area contributed by atoms with Gasteiger partial charge in [0.1, 0.15) is 5.82 Å². The fourth-order valence-electron chi connectivity index (χ4n) is 3.01. The Hall–Kier alpha value is -2.29. The molecule has 8 heteroatoms. The molecule has 0 aliphatic carbocycles. The van der Waals surface area contributed by atoms with Crippen LogP contribution in [0.4, 0.5) is 10.1 Å². The third kappa shape index (κ3) is 4.52. The summed E-state index contributed by atoms with van der Waals surface area (Å²) in [4.78, 5) is 12.5. The van der Waals surface area contributed by atoms with Gasteiger partial charge in [-0.15, -0.1) is 0 Å². The average molecular weight is 392 g/mol. The van der Waals surface area contributed by atoms with Crippen LogP contribution >= 0.6 is 0 Å². The number of carbonyl (C=O) groups excluding carboxylic acids is 1. The van der Waals surface area contributed by atoms with Crippen molar-refractivity contribution < 1.29 is 22.3 Å². The third-order valence-corrected chi connectivity index (χ3v) is 6.05. The monoisotopic (exact) mass is 392 g/mol. The summed E-state index contributed by atoms with van der Waals surface area (Å²) in [5.74, 6) is -0.877. The van der Waals surface area contributed by atoms with Gasteiger partial charge >= 0.3 is 0 Å². The highest BCUT2D eigenvalue weighted by Crippen LogP contribution is 2.22. The standard InChI is InChI=1S/C19H21FN2O4S/c1-13-11-22(12-14(2)26-13)27(24,25)18-5-3-4-15(10-18)19(23)21-17-8-6-16(20)7-9-17/h3-10,13-14H,11-12H2,1-2H3,(H,21,23)/t13-,14-/m0/s1. The lowest BCUT2D eigenvalue weighted by Crippen LogP contribution is -2.48. The summed E-state index contributed by atoms with van der Waals surface area (Å²) in [6.45, 7) is 4.17. The molecule has 6 nitrogen and oxygen atoms in total. The minimum atomic E-state index is -3.74. The highest BCUT2D eigenvalue weighted by Gasteiger charge is 2.32. The Bertz CT molecular complexity index is 921. The number of halogens is 1. The maximum atomic E-state index is 13.0. The highest BCUT2D eigenvalue weighted by atomic mass is 32.2. The normalized spacial score (nSPS) is 21.0. The second kappa shape index (κ2) is 7.75. The van der Waals surface area contributed by atoms with Gasteiger partial charge in [-0.1, -0.05) is 6.07 Å². The second-order valence-electron chi connectivity index (χ2n) is 6.57. The highest BCUT2D eigenvalue weighted by molar-refractivity contribution is 7.89. The van der Waals surface area contributed by atoms with Crippen molar-refractivity contribution in [3.63, 3.8) is 0 Å². The summed E-state index contributed by atoms with van der Waals surface area (Å²) in [6.07, 6.45) is -0.401. The van der Waals surface area contributed by atoms with E-state index in [2.05, 4.69) is 5.32 Å². The number of carbonyl (C=O) groups is 1. The average Bonchev–Trinajstić information content (AvgIpc) is 2.63. The topological polar surface area (TPSA) is 75.7 Å². The minimum Gasteiger partial charge on any atom is -0.373 e. The number of amides is 1. The molecule has 1 N–H and O–H groups in total. The molecule has 0 aromatic heterocycles. The van der Waals surface area contributed by atoms with E-state index in [0.717, 1.165) is 0 Å². The fourth-order valence-corrected chi connectivity index (χ4v) is 4.65. The van der Waals surface area contributed by atoms with Crippen LogP contribution in [0, 0.1) is 5.82 Å². The van der Waals surface area contributed by atoms with Gasteiger partial charge in [0.15, 0.2) is 0 Å². The molecule has 0 spiro atoms. The minimum absolute atomic E-state index is 0.0514. The molecule has 1 heterocycles. The Balaban J connectivity index is 1.82. The quantitative estimate of drug-likeness (QED) is 0.868. The van der Waals surface area contributed by atoms with Crippen LogP contribution in [0.3, 0.4) is 0 Å². The lowest BCUT2D eigenvalue weighted by atomic mass is 10.2. The smallest absolute Gasteiger partial charge is 0.255 e. The van der Waals surface area contributed by atoms with Crippen molar-refractivity contribution in [2.45, 2.75) is 31.0 Å². The fraction of sp³-hybridized carbons (Fsp3) is 0.316. The molecule has 1 fully saturated rings. The Kier molecular flexibility index (Phi) is 5.59. The molecule has 2 aromatic rings. The van der Waals surface area contributed by atoms with Gasteiger partial charge in [0.2, 0.25) is 10.0 Å². The van der Waals surface area contributed by atoms with Gasteiger partial charge in [-0.25, -0.2) is 12.8 Å². The number of hydrogen-bond acceptors (Lipinski definition) is 4. The van der Waals surface area contributed by atoms with E-state index in [1.807, 2.05) is 13.8 Å². The van der Waals surface area contributed by atoms with Crippen LogP contribution in [0.5, 0.6) is 0 Å². The number of anilines is 1. The number of morpholine rings is 1. The molecule has 0 radical (unpaired) electrons. The van der Waals surface area contributed by atoms with E-state index in [1.165, 1.54) is 52.8 Å². The molecule has 3 rings (SSSR count). The number of hydrogen-bond donors (Lipinski definition) is 1. The van der Waals surface area contributed by atoms with E-state index < -0.39 is 21.7 Å². The third-order valence-electron chi connectivity index (χ3n) is 4.22. The van der Waals surface area contributed by atoms with Crippen molar-refractivity contribution in [3.05, 3.63) is 59.9 Å². The van der Waals surface area contributed by atoms with Crippen LogP contribution < -0.4 is 5.32 Å². The zero-order valence-electron chi connectivity index (χ0n) is 15.1. The molecule has 27 heavy (non-hydrogen) atoms. The number of nitrogens with zero attached hydrogens (tertiary/aromatic N) is 1. The molecule has 1 aliphatic rings. The Morgan fingerprint density at radius 2 is 1.74 bits per heavy atom. The van der Waals surface area contributed by atoms with Crippen LogP contribution in [0.2, 0.25) is 0 Å². The van der Waals surface area contributed by atoms with E-state index in [9.17, 15) is 17.6 Å². The van der Waals surface area contributed by atoms with Gasteiger partial charge in [0.05, 0.1) is 17.1 Å². The van der Waals surface area contributed by atoms with Crippen molar-refractivity contribution >= 4 is 21.6 Å². The van der Waals surface area contributed by atoms with Gasteiger partial charge in [-0.2, -0.15) is 4.31 Å². The molecule has 0 unspecified atom stereocenters. The van der Waals surface area contributed by atoms with Crippen LogP contribution in [-0.4, -0.2) is 43.9 Å². The van der Waals surface area contributed by atoms with Gasteiger partial charge in [0, 0.05) is 24.3 Å². The van der Waals surface area contributed by atoms with Gasteiger partial charge in [0.25, 0.3) is 5.91 Å². The van der Waals surface area contributed by atoms with Gasteiger partial charge in [-0.05, 0) is 56.3 Å². The zero-order chi connectivity index (χ0) is 19.6. The zero-order valence-corrected chi connectivity index (χ0v) is 15.9. The van der Waals surface area contributed by atoms with Gasteiger partial charge in [-0.3, -0.25) is 4.79 Å². The Labute approximate surface area is 158 Å². The van der Waals surface area contributed by atoms with E-state index in [0.29, 0.717) is 5.69 Å². The summed E-state index contributed by atoms with van der Waals surface area (Å²) in [6, 6.07) is 11.2. The van der Waals surface area contributed by atoms with Crippen LogP contribution in [0.15, 0.2) is 53.4 Å². The lowest BCUT2D eigenvalue weighted by Gasteiger charge is -2.34. The summed E-state index contributed by atoms with van der Waals surface area (Å²) in [5, 5.41) is 2.62. The summed E-state index contributed by atoms with van der Waals surface area (Å²) in [5.41, 5.74) is 0.625. The van der Waals surface area contributed by atoms with Crippen molar-refractivity contribution in [3.8, 4) is 0 Å². The first kappa shape index (κ1) is 19.5. The summed E-state index contributed by atoms with van der Waals surface area (Å²) >= 11 is 0. The van der Waals surface area contributed by atoms with E-state index in [1.54, 1.807) is 0 Å². The van der Waals surface area contributed by atoms with E-state index >= 15 is 0 Å². The number of ether oxygens (including phenoxy) is 1. The van der Waals surface area contributed by atoms with E-state index in [4.69, 9.17) is 4.74 Å². The molecule has 0 saturated carbocycles. The first-order valence-corrected chi connectivity index (χ1v) is 10.0. The Morgan fingerprint density at radius 3 is 2.37 bits per heavy atom. The molecule has 1 aliphatic heterocycles. The second-order valence-corrected chi connectivity index (χ2v) is 8.51. The summed E-state index contributed by atoms with van der Waals surface area (Å²) < 4.78 is 45.8. The molecule has 2 atom stereocenters. The maximum absolute atomic E-state index is 13.0. The molecule has 0 bridgehead atoms. The molecular weight excluding hydrogens is 371 g/mol. The molecular formula is C19H21FN2O4S. The first-order chi connectivity index (χ1) is 12.8. The predicted octanol–water partition coefficient (Wildman–Crippen LogP) is 2.88. The maximum Gasteiger partial charge on any atom is 0.255 e. The molecule has 2 aromatic carbocycles. The van der Waals surface area contributed by atoms with Crippen molar-refractivity contribution in [1.29, 1.82) is 0 Å². The molecule has 1 amide bonds. The van der Waals surface area contributed by atoms with Gasteiger partial charge < -0.3 is 10.1 Å². The van der Waals surface area contributed by atoms with E-state index in [-0.39, 0.29) is 35.8 Å². The van der Waals surface area contributed by atoms with Crippen molar-refractivity contribution in [1.82, 2.24) is 4.31 Å². The van der Waals surface area contributed by atoms with Crippen molar-refractivity contribution in [2.24, 2.45) is 0 Å². The van der Waals surface area contributed by atoms with Crippen LogP contribution in [-0.2, 0) is 14.8 Å². The molecule has 144 valence electrons. The number of sulfonamides is 1. The SMILES string of the molecule is C[C@H]1CN(S(=O)(=O)c2cccc(C(=O)Nc3ccc(F)cc3)c2)C[C@H](C)O1. The lowest BCUT2D eigenvalue weighted by molar-refractivity contribution is -0.0440. The number of rotatable bonds is 4.